The van der Waals surface area contributed by atoms with Crippen LogP contribution in [0, 0.1) is 0 Å². The number of hydrogen-bond acceptors (Lipinski definition) is 3. The van der Waals surface area contributed by atoms with Gasteiger partial charge in [-0.05, 0) is 30.0 Å². The van der Waals surface area contributed by atoms with Gasteiger partial charge in [-0.1, -0.05) is 0 Å². The molecule has 8 heteroatoms. The van der Waals surface area contributed by atoms with E-state index in [4.69, 9.17) is 5.73 Å². The number of halogens is 5. The Labute approximate surface area is 106 Å². The first-order valence-corrected chi connectivity index (χ1v) is 5.05. The summed E-state index contributed by atoms with van der Waals surface area (Å²) < 4.78 is 48.4. The standard InChI is InChI=1S/C9H9F4NOS.ClH/c10-4-7(14)6-3-5(1-2-8(6)15)16-9(11,12)13;/h1-3,7,15H,4,14H2;1H/t7-;/m0./s1. The molecule has 1 aromatic rings. The van der Waals surface area contributed by atoms with Crippen molar-refractivity contribution in [2.75, 3.05) is 6.67 Å². The molecule has 0 unspecified atom stereocenters. The Bertz CT molecular complexity index is 375. The molecule has 0 fully saturated rings. The van der Waals surface area contributed by atoms with Crippen molar-refractivity contribution in [1.82, 2.24) is 0 Å². The molecule has 1 aromatic carbocycles. The number of hydrogen-bond donors (Lipinski definition) is 2. The SMILES string of the molecule is Cl.N[C@@H](CF)c1cc(SC(F)(F)F)ccc1O. The quantitative estimate of drug-likeness (QED) is 0.663. The number of phenols is 1. The summed E-state index contributed by atoms with van der Waals surface area (Å²) in [4.78, 5) is -0.135. The summed E-state index contributed by atoms with van der Waals surface area (Å²) in [6.07, 6.45) is 0. The van der Waals surface area contributed by atoms with Crippen molar-refractivity contribution in [1.29, 1.82) is 0 Å². The van der Waals surface area contributed by atoms with E-state index in [0.717, 1.165) is 18.2 Å². The molecule has 0 aliphatic carbocycles. The number of phenolic OH excluding ortho intramolecular Hbond substituents is 1. The van der Waals surface area contributed by atoms with E-state index in [2.05, 4.69) is 0 Å². The lowest BCUT2D eigenvalue weighted by atomic mass is 10.1. The average Bonchev–Trinajstić information content (AvgIpc) is 2.18. The summed E-state index contributed by atoms with van der Waals surface area (Å²) in [6.45, 7) is -0.951. The second kappa shape index (κ2) is 6.32. The molecule has 1 atom stereocenters. The van der Waals surface area contributed by atoms with Crippen molar-refractivity contribution in [3.05, 3.63) is 23.8 Å². The molecule has 0 amide bonds. The fraction of sp³-hybridized carbons (Fsp3) is 0.333. The third-order valence-electron chi connectivity index (χ3n) is 1.80. The largest absolute Gasteiger partial charge is 0.508 e. The average molecular weight is 292 g/mol. The smallest absolute Gasteiger partial charge is 0.446 e. The first-order valence-electron chi connectivity index (χ1n) is 4.23. The van der Waals surface area contributed by atoms with E-state index in [-0.39, 0.29) is 40.4 Å². The van der Waals surface area contributed by atoms with Gasteiger partial charge in [0.05, 0.1) is 6.04 Å². The monoisotopic (exact) mass is 291 g/mol. The van der Waals surface area contributed by atoms with Crippen molar-refractivity contribution >= 4 is 24.2 Å². The van der Waals surface area contributed by atoms with E-state index in [1.165, 1.54) is 0 Å². The van der Waals surface area contributed by atoms with Crippen molar-refractivity contribution in [3.8, 4) is 5.75 Å². The van der Waals surface area contributed by atoms with E-state index >= 15 is 0 Å². The third-order valence-corrected chi connectivity index (χ3v) is 2.52. The van der Waals surface area contributed by atoms with Crippen LogP contribution < -0.4 is 5.73 Å². The molecule has 0 aromatic heterocycles. The van der Waals surface area contributed by atoms with Crippen molar-refractivity contribution in [2.24, 2.45) is 5.73 Å². The van der Waals surface area contributed by atoms with Crippen molar-refractivity contribution in [3.63, 3.8) is 0 Å². The summed E-state index contributed by atoms with van der Waals surface area (Å²) in [5, 5.41) is 9.30. The van der Waals surface area contributed by atoms with Crippen LogP contribution in [0.3, 0.4) is 0 Å². The highest BCUT2D eigenvalue weighted by Crippen LogP contribution is 2.39. The third kappa shape index (κ3) is 5.01. The van der Waals surface area contributed by atoms with Crippen LogP contribution in [0.4, 0.5) is 17.6 Å². The van der Waals surface area contributed by atoms with Crippen molar-refractivity contribution < 1.29 is 22.7 Å². The zero-order valence-corrected chi connectivity index (χ0v) is 10.0. The van der Waals surface area contributed by atoms with Gasteiger partial charge in [0, 0.05) is 10.5 Å². The number of alkyl halides is 4. The van der Waals surface area contributed by atoms with Crippen LogP contribution >= 0.6 is 24.2 Å². The molecule has 0 aliphatic heterocycles. The highest BCUT2D eigenvalue weighted by Gasteiger charge is 2.29. The highest BCUT2D eigenvalue weighted by molar-refractivity contribution is 8.00. The number of benzene rings is 1. The van der Waals surface area contributed by atoms with Gasteiger partial charge in [0.1, 0.15) is 12.4 Å². The molecule has 0 saturated heterocycles. The summed E-state index contributed by atoms with van der Waals surface area (Å²) in [6, 6.07) is 2.09. The zero-order chi connectivity index (χ0) is 12.3. The Hall–Kier alpha value is -0.660. The molecular weight excluding hydrogens is 282 g/mol. The van der Waals surface area contributed by atoms with Crippen LogP contribution in [0.1, 0.15) is 11.6 Å². The highest BCUT2D eigenvalue weighted by atomic mass is 35.5. The lowest BCUT2D eigenvalue weighted by Gasteiger charge is -2.12. The second-order valence-corrected chi connectivity index (χ2v) is 4.17. The van der Waals surface area contributed by atoms with Gasteiger partial charge in [0.25, 0.3) is 0 Å². The Morgan fingerprint density at radius 3 is 2.41 bits per heavy atom. The minimum Gasteiger partial charge on any atom is -0.508 e. The van der Waals surface area contributed by atoms with E-state index in [1.807, 2.05) is 0 Å². The molecular formula is C9H10ClF4NOS. The van der Waals surface area contributed by atoms with Crippen molar-refractivity contribution in [2.45, 2.75) is 16.4 Å². The molecule has 98 valence electrons. The minimum absolute atomic E-state index is 0. The summed E-state index contributed by atoms with van der Waals surface area (Å²) in [7, 11) is 0. The minimum atomic E-state index is -4.42. The van der Waals surface area contributed by atoms with Crippen LogP contribution in [0.2, 0.25) is 0 Å². The van der Waals surface area contributed by atoms with Gasteiger partial charge in [-0.2, -0.15) is 13.2 Å². The maximum atomic E-state index is 12.3. The fourth-order valence-corrected chi connectivity index (χ4v) is 1.70. The number of rotatable bonds is 3. The van der Waals surface area contributed by atoms with Crippen LogP contribution in [-0.4, -0.2) is 17.3 Å². The topological polar surface area (TPSA) is 46.2 Å². The van der Waals surface area contributed by atoms with Crippen LogP contribution in [0.15, 0.2) is 23.1 Å². The van der Waals surface area contributed by atoms with E-state index in [0.29, 0.717) is 0 Å². The number of nitrogens with two attached hydrogens (primary N) is 1. The van der Waals surface area contributed by atoms with E-state index in [1.54, 1.807) is 0 Å². The Morgan fingerprint density at radius 1 is 1.35 bits per heavy atom. The van der Waals surface area contributed by atoms with E-state index in [9.17, 15) is 22.7 Å². The lowest BCUT2D eigenvalue weighted by molar-refractivity contribution is -0.0328. The first-order chi connectivity index (χ1) is 7.33. The summed E-state index contributed by atoms with van der Waals surface area (Å²) in [5.74, 6) is -0.309. The number of thioether (sulfide) groups is 1. The van der Waals surface area contributed by atoms with Gasteiger partial charge in [-0.15, -0.1) is 12.4 Å². The molecule has 3 N–H and O–H groups in total. The normalized spacial score (nSPS) is 13.0. The van der Waals surface area contributed by atoms with Gasteiger partial charge in [-0.25, -0.2) is 4.39 Å². The zero-order valence-electron chi connectivity index (χ0n) is 8.37. The van der Waals surface area contributed by atoms with E-state index < -0.39 is 18.2 Å². The summed E-state index contributed by atoms with van der Waals surface area (Å²) >= 11 is -0.338. The molecule has 0 radical (unpaired) electrons. The van der Waals surface area contributed by atoms with Gasteiger partial charge in [0.2, 0.25) is 0 Å². The fourth-order valence-electron chi connectivity index (χ4n) is 1.11. The van der Waals surface area contributed by atoms with Crippen LogP contribution in [-0.2, 0) is 0 Å². The summed E-state index contributed by atoms with van der Waals surface area (Å²) in [5.41, 5.74) is 0.849. The number of aromatic hydroxyl groups is 1. The maximum Gasteiger partial charge on any atom is 0.446 e. The molecule has 0 aliphatic rings. The molecule has 0 spiro atoms. The van der Waals surface area contributed by atoms with Gasteiger partial charge >= 0.3 is 5.51 Å². The molecule has 17 heavy (non-hydrogen) atoms. The maximum absolute atomic E-state index is 12.3. The Balaban J connectivity index is 0.00000256. The van der Waals surface area contributed by atoms with Gasteiger partial charge < -0.3 is 10.8 Å². The molecule has 0 saturated carbocycles. The molecule has 0 heterocycles. The van der Waals surface area contributed by atoms with Gasteiger partial charge in [-0.3, -0.25) is 0 Å². The Kier molecular flexibility index (Phi) is 6.08. The predicted molar refractivity (Wildman–Crippen MR) is 60.2 cm³/mol. The van der Waals surface area contributed by atoms with Crippen LogP contribution in [0.25, 0.3) is 0 Å². The first kappa shape index (κ1) is 16.3. The predicted octanol–water partition coefficient (Wildman–Crippen LogP) is 3.40. The van der Waals surface area contributed by atoms with Gasteiger partial charge in [0.15, 0.2) is 0 Å². The molecule has 1 rings (SSSR count). The lowest BCUT2D eigenvalue weighted by Crippen LogP contribution is -2.12. The molecule has 0 bridgehead atoms. The Morgan fingerprint density at radius 2 is 1.94 bits per heavy atom. The second-order valence-electron chi connectivity index (χ2n) is 3.03. The van der Waals surface area contributed by atoms with Crippen LogP contribution in [0.5, 0.6) is 5.75 Å². The molecule has 2 nitrogen and oxygen atoms in total.